The first-order valence-electron chi connectivity index (χ1n) is 4.18. The van der Waals surface area contributed by atoms with Gasteiger partial charge in [0.25, 0.3) is 0 Å². The highest BCUT2D eigenvalue weighted by molar-refractivity contribution is 7.80. The van der Waals surface area contributed by atoms with Crippen LogP contribution < -0.4 is 0 Å². The van der Waals surface area contributed by atoms with Crippen LogP contribution in [-0.2, 0) is 4.74 Å². The Morgan fingerprint density at radius 1 is 1.67 bits per heavy atom. The Kier molecular flexibility index (Phi) is 3.37. The molecule has 0 saturated carbocycles. The fraction of sp³-hybridized carbons (Fsp3) is 1.00. The van der Waals surface area contributed by atoms with E-state index in [1.54, 1.807) is 7.11 Å². The molecule has 1 fully saturated rings. The van der Waals surface area contributed by atoms with Crippen LogP contribution in [0.3, 0.4) is 0 Å². The SMILES string of the molecule is CO[C@@H]1[C@H](F)CN(C(C)S)[C@@H]1C. The van der Waals surface area contributed by atoms with E-state index >= 15 is 0 Å². The molecule has 0 spiro atoms. The number of nitrogens with zero attached hydrogens (tertiary/aromatic N) is 1. The van der Waals surface area contributed by atoms with Crippen molar-refractivity contribution >= 4 is 12.6 Å². The van der Waals surface area contributed by atoms with Gasteiger partial charge in [0.05, 0.1) is 5.37 Å². The lowest BCUT2D eigenvalue weighted by molar-refractivity contribution is 0.0377. The summed E-state index contributed by atoms with van der Waals surface area (Å²) < 4.78 is 18.3. The average molecular weight is 193 g/mol. The van der Waals surface area contributed by atoms with E-state index in [0.717, 1.165) is 0 Å². The number of hydrogen-bond donors (Lipinski definition) is 1. The highest BCUT2D eigenvalue weighted by Crippen LogP contribution is 2.25. The molecule has 0 aromatic carbocycles. The second-order valence-corrected chi connectivity index (χ2v) is 4.03. The van der Waals surface area contributed by atoms with Crippen molar-refractivity contribution in [3.8, 4) is 0 Å². The molecular formula is C8H16FNOS. The molecule has 2 nitrogen and oxygen atoms in total. The molecular weight excluding hydrogens is 177 g/mol. The molecule has 0 aliphatic carbocycles. The monoisotopic (exact) mass is 193 g/mol. The summed E-state index contributed by atoms with van der Waals surface area (Å²) in [6, 6.07) is 0.123. The number of methoxy groups -OCH3 is 1. The van der Waals surface area contributed by atoms with E-state index in [-0.39, 0.29) is 17.5 Å². The summed E-state index contributed by atoms with van der Waals surface area (Å²) in [5.41, 5.74) is 0. The number of thiol groups is 1. The molecule has 1 unspecified atom stereocenters. The van der Waals surface area contributed by atoms with Gasteiger partial charge < -0.3 is 4.74 Å². The molecule has 72 valence electrons. The van der Waals surface area contributed by atoms with E-state index in [1.165, 1.54) is 0 Å². The van der Waals surface area contributed by atoms with E-state index < -0.39 is 6.17 Å². The van der Waals surface area contributed by atoms with Gasteiger partial charge in [-0.1, -0.05) is 0 Å². The number of rotatable bonds is 2. The Labute approximate surface area is 78.5 Å². The molecule has 0 aromatic rings. The van der Waals surface area contributed by atoms with Crippen LogP contribution in [0.5, 0.6) is 0 Å². The molecule has 4 atom stereocenters. The summed E-state index contributed by atoms with van der Waals surface area (Å²) in [5, 5.41) is 0.0957. The predicted octanol–water partition coefficient (Wildman–Crippen LogP) is 1.32. The number of likely N-dealkylation sites (tertiary alicyclic amines) is 1. The molecule has 1 aliphatic rings. The van der Waals surface area contributed by atoms with E-state index in [0.29, 0.717) is 6.54 Å². The summed E-state index contributed by atoms with van der Waals surface area (Å²) in [6.45, 7) is 4.36. The summed E-state index contributed by atoms with van der Waals surface area (Å²) in [5.74, 6) is 0. The molecule has 0 radical (unpaired) electrons. The van der Waals surface area contributed by atoms with Gasteiger partial charge in [-0.05, 0) is 13.8 Å². The van der Waals surface area contributed by atoms with Gasteiger partial charge in [0.1, 0.15) is 12.3 Å². The minimum Gasteiger partial charge on any atom is -0.377 e. The molecule has 1 heterocycles. The molecule has 1 aliphatic heterocycles. The van der Waals surface area contributed by atoms with Gasteiger partial charge in [0.15, 0.2) is 0 Å². The zero-order valence-electron chi connectivity index (χ0n) is 7.70. The quantitative estimate of drug-likeness (QED) is 0.664. The number of hydrogen-bond acceptors (Lipinski definition) is 3. The van der Waals surface area contributed by atoms with Gasteiger partial charge in [-0.25, -0.2) is 4.39 Å². The minimum atomic E-state index is -0.875. The zero-order valence-corrected chi connectivity index (χ0v) is 8.59. The van der Waals surface area contributed by atoms with Crippen molar-refractivity contribution in [2.24, 2.45) is 0 Å². The fourth-order valence-corrected chi connectivity index (χ4v) is 2.10. The van der Waals surface area contributed by atoms with Crippen LogP contribution in [0.25, 0.3) is 0 Å². The normalized spacial score (nSPS) is 40.2. The van der Waals surface area contributed by atoms with Crippen molar-refractivity contribution in [1.29, 1.82) is 0 Å². The highest BCUT2D eigenvalue weighted by Gasteiger charge is 2.40. The Morgan fingerprint density at radius 2 is 2.25 bits per heavy atom. The number of ether oxygens (including phenoxy) is 1. The van der Waals surface area contributed by atoms with Crippen LogP contribution in [0.2, 0.25) is 0 Å². The first kappa shape index (κ1) is 10.3. The first-order valence-corrected chi connectivity index (χ1v) is 4.70. The maximum Gasteiger partial charge on any atom is 0.140 e. The molecule has 1 saturated heterocycles. The third-order valence-electron chi connectivity index (χ3n) is 2.49. The van der Waals surface area contributed by atoms with Crippen LogP contribution in [0.4, 0.5) is 4.39 Å². The van der Waals surface area contributed by atoms with Crippen molar-refractivity contribution in [2.75, 3.05) is 13.7 Å². The van der Waals surface area contributed by atoms with Gasteiger partial charge in [-0.3, -0.25) is 4.90 Å². The molecule has 0 bridgehead atoms. The van der Waals surface area contributed by atoms with Gasteiger partial charge in [0, 0.05) is 19.7 Å². The second kappa shape index (κ2) is 3.94. The fourth-order valence-electron chi connectivity index (χ4n) is 1.80. The van der Waals surface area contributed by atoms with E-state index in [9.17, 15) is 4.39 Å². The molecule has 0 amide bonds. The van der Waals surface area contributed by atoms with Crippen LogP contribution >= 0.6 is 12.6 Å². The Balaban J connectivity index is 2.62. The summed E-state index contributed by atoms with van der Waals surface area (Å²) in [6.07, 6.45) is -1.17. The van der Waals surface area contributed by atoms with Crippen molar-refractivity contribution in [3.05, 3.63) is 0 Å². The van der Waals surface area contributed by atoms with Crippen LogP contribution in [0.15, 0.2) is 0 Å². The van der Waals surface area contributed by atoms with Crippen molar-refractivity contribution in [2.45, 2.75) is 37.5 Å². The molecule has 0 aromatic heterocycles. The highest BCUT2D eigenvalue weighted by atomic mass is 32.1. The second-order valence-electron chi connectivity index (χ2n) is 3.29. The topological polar surface area (TPSA) is 12.5 Å². The summed E-state index contributed by atoms with van der Waals surface area (Å²) >= 11 is 4.28. The predicted molar refractivity (Wildman–Crippen MR) is 50.3 cm³/mol. The Hall–Kier alpha value is 0.200. The van der Waals surface area contributed by atoms with E-state index in [1.807, 2.05) is 18.7 Å². The van der Waals surface area contributed by atoms with Gasteiger partial charge in [0.2, 0.25) is 0 Å². The first-order chi connectivity index (χ1) is 5.57. The lowest BCUT2D eigenvalue weighted by Crippen LogP contribution is -2.37. The molecule has 0 N–H and O–H groups in total. The molecule has 1 rings (SSSR count). The lowest BCUT2D eigenvalue weighted by atomic mass is 10.2. The van der Waals surface area contributed by atoms with Crippen LogP contribution in [-0.4, -0.2) is 42.2 Å². The average Bonchev–Trinajstić information content (AvgIpc) is 2.27. The van der Waals surface area contributed by atoms with Crippen molar-refractivity contribution < 1.29 is 9.13 Å². The Bertz CT molecular complexity index is 156. The van der Waals surface area contributed by atoms with Gasteiger partial charge >= 0.3 is 0 Å². The van der Waals surface area contributed by atoms with E-state index in [2.05, 4.69) is 12.6 Å². The standard InChI is InChI=1S/C8H16FNOS/c1-5-8(11-3)7(9)4-10(5)6(2)12/h5-8,12H,4H2,1-3H3/t5-,6?,7-,8+/m1/s1. The van der Waals surface area contributed by atoms with Gasteiger partial charge in [-0.15, -0.1) is 0 Å². The third-order valence-corrected chi connectivity index (χ3v) is 2.79. The summed E-state index contributed by atoms with van der Waals surface area (Å²) in [4.78, 5) is 2.00. The zero-order chi connectivity index (χ0) is 9.30. The van der Waals surface area contributed by atoms with Gasteiger partial charge in [-0.2, -0.15) is 12.6 Å². The van der Waals surface area contributed by atoms with E-state index in [4.69, 9.17) is 4.74 Å². The molecule has 4 heteroatoms. The maximum atomic E-state index is 13.2. The lowest BCUT2D eigenvalue weighted by Gasteiger charge is -2.25. The largest absolute Gasteiger partial charge is 0.377 e. The smallest absolute Gasteiger partial charge is 0.140 e. The van der Waals surface area contributed by atoms with Crippen LogP contribution in [0, 0.1) is 0 Å². The molecule has 12 heavy (non-hydrogen) atoms. The van der Waals surface area contributed by atoms with Crippen LogP contribution in [0.1, 0.15) is 13.8 Å². The number of halogens is 1. The minimum absolute atomic E-state index is 0.0957. The number of alkyl halides is 1. The summed E-state index contributed by atoms with van der Waals surface area (Å²) in [7, 11) is 1.56. The Morgan fingerprint density at radius 3 is 2.50 bits per heavy atom. The third kappa shape index (κ3) is 1.75. The van der Waals surface area contributed by atoms with Crippen molar-refractivity contribution in [3.63, 3.8) is 0 Å². The van der Waals surface area contributed by atoms with Crippen molar-refractivity contribution in [1.82, 2.24) is 4.90 Å². The maximum absolute atomic E-state index is 13.2.